The molecular formula is C14H13F3N4. The Balaban J connectivity index is 1.83. The lowest BCUT2D eigenvalue weighted by Gasteiger charge is -2.14. The van der Waals surface area contributed by atoms with Gasteiger partial charge in [0.05, 0.1) is 11.3 Å². The van der Waals surface area contributed by atoms with E-state index in [1.54, 1.807) is 12.1 Å². The van der Waals surface area contributed by atoms with Gasteiger partial charge in [0.15, 0.2) is 0 Å². The average molecular weight is 294 g/mol. The summed E-state index contributed by atoms with van der Waals surface area (Å²) in [6, 6.07) is 7.32. The van der Waals surface area contributed by atoms with E-state index in [0.717, 1.165) is 18.9 Å². The molecule has 1 fully saturated rings. The van der Waals surface area contributed by atoms with Crippen molar-refractivity contribution >= 4 is 17.3 Å². The number of nitrogens with one attached hydrogen (secondary N) is 2. The lowest BCUT2D eigenvalue weighted by atomic mass is 10.1. The number of benzene rings is 1. The van der Waals surface area contributed by atoms with Crippen LogP contribution >= 0.6 is 0 Å². The summed E-state index contributed by atoms with van der Waals surface area (Å²) in [7, 11) is 0. The minimum atomic E-state index is -4.41. The van der Waals surface area contributed by atoms with Crippen molar-refractivity contribution < 1.29 is 13.2 Å². The molecule has 0 atom stereocenters. The molecule has 0 unspecified atom stereocenters. The molecule has 0 saturated heterocycles. The molecule has 0 radical (unpaired) electrons. The number of hydrogen-bond donors (Lipinski definition) is 2. The van der Waals surface area contributed by atoms with E-state index in [2.05, 4.69) is 20.6 Å². The fourth-order valence-corrected chi connectivity index (χ4v) is 1.92. The summed E-state index contributed by atoms with van der Waals surface area (Å²) in [4.78, 5) is 8.00. The van der Waals surface area contributed by atoms with E-state index in [-0.39, 0.29) is 5.69 Å². The van der Waals surface area contributed by atoms with Crippen LogP contribution in [0.25, 0.3) is 0 Å². The van der Waals surface area contributed by atoms with E-state index in [9.17, 15) is 13.2 Å². The van der Waals surface area contributed by atoms with E-state index in [0.29, 0.717) is 17.7 Å². The molecule has 1 aliphatic carbocycles. The molecule has 1 aliphatic rings. The molecule has 7 heteroatoms. The second kappa shape index (κ2) is 5.23. The molecule has 0 bridgehead atoms. The highest BCUT2D eigenvalue weighted by molar-refractivity contribution is 5.63. The molecule has 21 heavy (non-hydrogen) atoms. The lowest BCUT2D eigenvalue weighted by molar-refractivity contribution is -0.136. The SMILES string of the molecule is FC(F)(F)c1ccccc1Nc1cc(NC2CC2)ncn1. The highest BCUT2D eigenvalue weighted by atomic mass is 19.4. The second-order valence-corrected chi connectivity index (χ2v) is 4.88. The van der Waals surface area contributed by atoms with Gasteiger partial charge in [-0.2, -0.15) is 13.2 Å². The zero-order valence-corrected chi connectivity index (χ0v) is 11.0. The summed E-state index contributed by atoms with van der Waals surface area (Å²) in [6.45, 7) is 0. The maximum atomic E-state index is 12.9. The van der Waals surface area contributed by atoms with Crippen molar-refractivity contribution in [1.29, 1.82) is 0 Å². The van der Waals surface area contributed by atoms with Crippen molar-refractivity contribution in [2.24, 2.45) is 0 Å². The van der Waals surface area contributed by atoms with Crippen molar-refractivity contribution in [2.45, 2.75) is 25.1 Å². The van der Waals surface area contributed by atoms with Gasteiger partial charge in [0.1, 0.15) is 18.0 Å². The highest BCUT2D eigenvalue weighted by Gasteiger charge is 2.33. The summed E-state index contributed by atoms with van der Waals surface area (Å²) < 4.78 is 38.8. The van der Waals surface area contributed by atoms with Gasteiger partial charge >= 0.3 is 6.18 Å². The molecule has 0 spiro atoms. The van der Waals surface area contributed by atoms with Gasteiger partial charge in [-0.05, 0) is 25.0 Å². The Labute approximate surface area is 119 Å². The quantitative estimate of drug-likeness (QED) is 0.900. The van der Waals surface area contributed by atoms with Gasteiger partial charge in [0, 0.05) is 12.1 Å². The summed E-state index contributed by atoms with van der Waals surface area (Å²) in [5.41, 5.74) is -0.749. The number of nitrogens with zero attached hydrogens (tertiary/aromatic N) is 2. The first kappa shape index (κ1) is 13.7. The van der Waals surface area contributed by atoms with Crippen LogP contribution in [0.2, 0.25) is 0 Å². The van der Waals surface area contributed by atoms with Crippen molar-refractivity contribution in [3.63, 3.8) is 0 Å². The Hall–Kier alpha value is -2.31. The van der Waals surface area contributed by atoms with Gasteiger partial charge in [0.25, 0.3) is 0 Å². The monoisotopic (exact) mass is 294 g/mol. The zero-order valence-electron chi connectivity index (χ0n) is 11.0. The van der Waals surface area contributed by atoms with E-state index >= 15 is 0 Å². The Morgan fingerprint density at radius 2 is 1.76 bits per heavy atom. The van der Waals surface area contributed by atoms with Crippen LogP contribution in [0.3, 0.4) is 0 Å². The van der Waals surface area contributed by atoms with Crippen LogP contribution in [0.1, 0.15) is 18.4 Å². The van der Waals surface area contributed by atoms with Crippen LogP contribution in [-0.2, 0) is 6.18 Å². The fourth-order valence-electron chi connectivity index (χ4n) is 1.92. The predicted octanol–water partition coefficient (Wildman–Crippen LogP) is 3.81. The number of rotatable bonds is 4. The van der Waals surface area contributed by atoms with Gasteiger partial charge in [-0.25, -0.2) is 9.97 Å². The van der Waals surface area contributed by atoms with Gasteiger partial charge in [0.2, 0.25) is 0 Å². The molecule has 1 saturated carbocycles. The second-order valence-electron chi connectivity index (χ2n) is 4.88. The Morgan fingerprint density at radius 1 is 1.05 bits per heavy atom. The van der Waals surface area contributed by atoms with Crippen molar-refractivity contribution in [2.75, 3.05) is 10.6 Å². The molecule has 2 N–H and O–H groups in total. The summed E-state index contributed by atoms with van der Waals surface area (Å²) in [6.07, 6.45) is -0.914. The minimum Gasteiger partial charge on any atom is -0.367 e. The number of hydrogen-bond acceptors (Lipinski definition) is 4. The van der Waals surface area contributed by atoms with Crippen LogP contribution in [0.5, 0.6) is 0 Å². The first-order valence-corrected chi connectivity index (χ1v) is 6.54. The molecule has 0 aliphatic heterocycles. The third-order valence-electron chi connectivity index (χ3n) is 3.09. The number of aromatic nitrogens is 2. The summed E-state index contributed by atoms with van der Waals surface area (Å²) in [5.74, 6) is 0.935. The largest absolute Gasteiger partial charge is 0.418 e. The Kier molecular flexibility index (Phi) is 3.40. The smallest absolute Gasteiger partial charge is 0.367 e. The Bertz CT molecular complexity index is 638. The third kappa shape index (κ3) is 3.42. The van der Waals surface area contributed by atoms with Crippen LogP contribution in [0.15, 0.2) is 36.7 Å². The average Bonchev–Trinajstić information content (AvgIpc) is 3.22. The molecule has 1 aromatic carbocycles. The molecular weight excluding hydrogens is 281 g/mol. The molecule has 2 aromatic rings. The fraction of sp³-hybridized carbons (Fsp3) is 0.286. The number of alkyl halides is 3. The van der Waals surface area contributed by atoms with Crippen LogP contribution < -0.4 is 10.6 Å². The van der Waals surface area contributed by atoms with Crippen LogP contribution in [-0.4, -0.2) is 16.0 Å². The van der Waals surface area contributed by atoms with Crippen molar-refractivity contribution in [1.82, 2.24) is 9.97 Å². The number of halogens is 3. The van der Waals surface area contributed by atoms with Gasteiger partial charge in [-0.3, -0.25) is 0 Å². The molecule has 4 nitrogen and oxygen atoms in total. The molecule has 1 aromatic heterocycles. The minimum absolute atomic E-state index is 0.0268. The normalized spacial score (nSPS) is 14.8. The highest BCUT2D eigenvalue weighted by Crippen LogP contribution is 2.35. The first-order chi connectivity index (χ1) is 10.0. The standard InChI is InChI=1S/C14H13F3N4/c15-14(16,17)10-3-1-2-4-11(10)21-13-7-12(18-8-19-13)20-9-5-6-9/h1-4,7-9H,5-6H2,(H2,18,19,20,21). The van der Waals surface area contributed by atoms with E-state index in [4.69, 9.17) is 0 Å². The van der Waals surface area contributed by atoms with Gasteiger partial charge in [-0.1, -0.05) is 12.1 Å². The van der Waals surface area contributed by atoms with E-state index in [1.165, 1.54) is 18.5 Å². The maximum absolute atomic E-state index is 12.9. The molecule has 110 valence electrons. The summed E-state index contributed by atoms with van der Waals surface area (Å²) >= 11 is 0. The van der Waals surface area contributed by atoms with Crippen molar-refractivity contribution in [3.8, 4) is 0 Å². The maximum Gasteiger partial charge on any atom is 0.418 e. The third-order valence-corrected chi connectivity index (χ3v) is 3.09. The number of anilines is 3. The first-order valence-electron chi connectivity index (χ1n) is 6.54. The van der Waals surface area contributed by atoms with E-state index in [1.807, 2.05) is 0 Å². The summed E-state index contributed by atoms with van der Waals surface area (Å²) in [5, 5.41) is 5.88. The van der Waals surface area contributed by atoms with Gasteiger partial charge in [-0.15, -0.1) is 0 Å². The van der Waals surface area contributed by atoms with Crippen LogP contribution in [0.4, 0.5) is 30.5 Å². The van der Waals surface area contributed by atoms with Crippen LogP contribution in [0, 0.1) is 0 Å². The lowest BCUT2D eigenvalue weighted by Crippen LogP contribution is -2.09. The molecule has 1 heterocycles. The Morgan fingerprint density at radius 3 is 2.48 bits per heavy atom. The number of para-hydroxylation sites is 1. The van der Waals surface area contributed by atoms with Crippen molar-refractivity contribution in [3.05, 3.63) is 42.2 Å². The predicted molar refractivity (Wildman–Crippen MR) is 73.4 cm³/mol. The molecule has 0 amide bonds. The molecule has 3 rings (SSSR count). The zero-order chi connectivity index (χ0) is 14.9. The van der Waals surface area contributed by atoms with Gasteiger partial charge < -0.3 is 10.6 Å². The van der Waals surface area contributed by atoms with E-state index < -0.39 is 11.7 Å². The topological polar surface area (TPSA) is 49.8 Å².